The molecule has 19 heavy (non-hydrogen) atoms. The van der Waals surface area contributed by atoms with Crippen LogP contribution in [0.5, 0.6) is 5.75 Å². The maximum Gasteiger partial charge on any atom is 0.125 e. The van der Waals surface area contributed by atoms with Gasteiger partial charge in [0.2, 0.25) is 0 Å². The zero-order valence-corrected chi connectivity index (χ0v) is 12.3. The Hall–Kier alpha value is -1.22. The molecule has 0 fully saturated rings. The van der Waals surface area contributed by atoms with Crippen LogP contribution in [0.15, 0.2) is 36.4 Å². The summed E-state index contributed by atoms with van der Waals surface area (Å²) in [6.45, 7) is 1.96. The van der Waals surface area contributed by atoms with E-state index in [0.717, 1.165) is 16.7 Å². The van der Waals surface area contributed by atoms with Crippen LogP contribution in [-0.2, 0) is 0 Å². The second-order valence-electron chi connectivity index (χ2n) is 4.37. The van der Waals surface area contributed by atoms with Gasteiger partial charge in [0.15, 0.2) is 0 Å². The van der Waals surface area contributed by atoms with Gasteiger partial charge in [0, 0.05) is 15.6 Å². The first-order valence-electron chi connectivity index (χ1n) is 5.88. The van der Waals surface area contributed by atoms with Crippen LogP contribution in [0.25, 0.3) is 0 Å². The number of ether oxygens (including phenoxy) is 1. The fraction of sp³-hybridized carbons (Fsp3) is 0.200. The molecule has 2 N–H and O–H groups in total. The number of rotatable bonds is 3. The van der Waals surface area contributed by atoms with Crippen LogP contribution in [-0.4, -0.2) is 7.11 Å². The number of hydrogen-bond donors (Lipinski definition) is 1. The lowest BCUT2D eigenvalue weighted by atomic mass is 9.98. The van der Waals surface area contributed by atoms with E-state index in [-0.39, 0.29) is 6.04 Å². The minimum Gasteiger partial charge on any atom is -0.496 e. The van der Waals surface area contributed by atoms with Gasteiger partial charge < -0.3 is 10.5 Å². The topological polar surface area (TPSA) is 35.2 Å². The van der Waals surface area contributed by atoms with Gasteiger partial charge in [0.1, 0.15) is 5.75 Å². The first-order chi connectivity index (χ1) is 9.02. The Morgan fingerprint density at radius 3 is 2.47 bits per heavy atom. The third kappa shape index (κ3) is 3.03. The van der Waals surface area contributed by atoms with Crippen molar-refractivity contribution >= 4 is 23.2 Å². The van der Waals surface area contributed by atoms with Gasteiger partial charge >= 0.3 is 0 Å². The summed E-state index contributed by atoms with van der Waals surface area (Å²) in [5.74, 6) is 0.677. The summed E-state index contributed by atoms with van der Waals surface area (Å²) in [5, 5.41) is 1.33. The van der Waals surface area contributed by atoms with E-state index >= 15 is 0 Å². The number of nitrogens with two attached hydrogens (primary N) is 1. The number of benzene rings is 2. The Morgan fingerprint density at radius 2 is 1.84 bits per heavy atom. The molecule has 4 heteroatoms. The van der Waals surface area contributed by atoms with Crippen molar-refractivity contribution in [3.05, 3.63) is 63.1 Å². The molecular weight excluding hydrogens is 281 g/mol. The van der Waals surface area contributed by atoms with Gasteiger partial charge in [0.05, 0.1) is 13.2 Å². The molecule has 2 aromatic rings. The Balaban J connectivity index is 2.43. The molecule has 0 bridgehead atoms. The van der Waals surface area contributed by atoms with Crippen LogP contribution >= 0.6 is 23.2 Å². The molecule has 0 aromatic heterocycles. The summed E-state index contributed by atoms with van der Waals surface area (Å²) in [5.41, 5.74) is 9.13. The fourth-order valence-corrected chi connectivity index (χ4v) is 2.28. The molecule has 2 nitrogen and oxygen atoms in total. The Labute approximate surface area is 123 Å². The van der Waals surface area contributed by atoms with Gasteiger partial charge in [-0.1, -0.05) is 41.4 Å². The van der Waals surface area contributed by atoms with Gasteiger partial charge in [-0.2, -0.15) is 0 Å². The van der Waals surface area contributed by atoms with Crippen LogP contribution in [0.1, 0.15) is 22.7 Å². The molecule has 0 aliphatic rings. The van der Waals surface area contributed by atoms with E-state index in [2.05, 4.69) is 0 Å². The van der Waals surface area contributed by atoms with Gasteiger partial charge in [0.25, 0.3) is 0 Å². The van der Waals surface area contributed by atoms with Crippen molar-refractivity contribution in [1.29, 1.82) is 0 Å². The van der Waals surface area contributed by atoms with E-state index in [1.54, 1.807) is 19.2 Å². The average molecular weight is 296 g/mol. The van der Waals surface area contributed by atoms with Gasteiger partial charge in [-0.3, -0.25) is 0 Å². The molecular formula is C15H15Cl2NO. The van der Waals surface area contributed by atoms with Crippen molar-refractivity contribution in [3.8, 4) is 5.75 Å². The molecule has 1 atom stereocenters. The highest BCUT2D eigenvalue weighted by atomic mass is 35.5. The maximum absolute atomic E-state index is 6.28. The van der Waals surface area contributed by atoms with Crippen molar-refractivity contribution in [2.24, 2.45) is 5.73 Å². The zero-order valence-electron chi connectivity index (χ0n) is 10.8. The fourth-order valence-electron chi connectivity index (χ4n) is 1.92. The van der Waals surface area contributed by atoms with Gasteiger partial charge in [-0.25, -0.2) is 0 Å². The van der Waals surface area contributed by atoms with Crippen molar-refractivity contribution < 1.29 is 4.74 Å². The molecule has 2 aromatic carbocycles. The highest BCUT2D eigenvalue weighted by Gasteiger charge is 2.15. The second-order valence-corrected chi connectivity index (χ2v) is 5.22. The van der Waals surface area contributed by atoms with Crippen molar-refractivity contribution in [1.82, 2.24) is 0 Å². The summed E-state index contributed by atoms with van der Waals surface area (Å²) in [6.07, 6.45) is 0. The molecule has 0 heterocycles. The van der Waals surface area contributed by atoms with Crippen molar-refractivity contribution in [2.75, 3.05) is 7.11 Å². The normalized spacial score (nSPS) is 12.3. The first-order valence-corrected chi connectivity index (χ1v) is 6.63. The Morgan fingerprint density at radius 1 is 1.11 bits per heavy atom. The molecule has 0 saturated heterocycles. The minimum atomic E-state index is -0.301. The Kier molecular flexibility index (Phi) is 4.35. The monoisotopic (exact) mass is 295 g/mol. The number of methoxy groups -OCH3 is 1. The first kappa shape index (κ1) is 14.2. The van der Waals surface area contributed by atoms with E-state index in [9.17, 15) is 0 Å². The number of halogens is 2. The van der Waals surface area contributed by atoms with E-state index in [1.165, 1.54) is 0 Å². The highest BCUT2D eigenvalue weighted by molar-refractivity contribution is 6.31. The van der Waals surface area contributed by atoms with Crippen LogP contribution in [0.3, 0.4) is 0 Å². The molecule has 1 unspecified atom stereocenters. The SMILES string of the molecule is COc1cc(Cl)ccc1C(N)c1ccc(C)c(Cl)c1. The van der Waals surface area contributed by atoms with E-state index in [4.69, 9.17) is 33.7 Å². The van der Waals surface area contributed by atoms with Crippen molar-refractivity contribution in [2.45, 2.75) is 13.0 Å². The third-order valence-electron chi connectivity index (χ3n) is 3.09. The Bertz CT molecular complexity index is 599. The van der Waals surface area contributed by atoms with E-state index in [0.29, 0.717) is 15.8 Å². The van der Waals surface area contributed by atoms with Gasteiger partial charge in [-0.15, -0.1) is 0 Å². The lowest BCUT2D eigenvalue weighted by Crippen LogP contribution is -2.13. The summed E-state index contributed by atoms with van der Waals surface area (Å²) in [4.78, 5) is 0. The summed E-state index contributed by atoms with van der Waals surface area (Å²) >= 11 is 12.1. The predicted octanol–water partition coefficient (Wildman–Crippen LogP) is 4.36. The average Bonchev–Trinajstić information content (AvgIpc) is 2.41. The number of aryl methyl sites for hydroxylation is 1. The summed E-state index contributed by atoms with van der Waals surface area (Å²) in [7, 11) is 1.60. The van der Waals surface area contributed by atoms with E-state index < -0.39 is 0 Å². The quantitative estimate of drug-likeness (QED) is 0.913. The standard InChI is InChI=1S/C15H15Cl2NO/c1-9-3-4-10(7-13(9)17)15(18)12-6-5-11(16)8-14(12)19-2/h3-8,15H,18H2,1-2H3. The third-order valence-corrected chi connectivity index (χ3v) is 3.73. The highest BCUT2D eigenvalue weighted by Crippen LogP contribution is 2.32. The van der Waals surface area contributed by atoms with Crippen molar-refractivity contribution in [3.63, 3.8) is 0 Å². The predicted molar refractivity (Wildman–Crippen MR) is 80.2 cm³/mol. The van der Waals surface area contributed by atoms with Crippen LogP contribution in [0.4, 0.5) is 0 Å². The second kappa shape index (κ2) is 5.83. The summed E-state index contributed by atoms with van der Waals surface area (Å²) < 4.78 is 5.33. The van der Waals surface area contributed by atoms with Crippen LogP contribution in [0.2, 0.25) is 10.0 Å². The molecule has 0 aliphatic heterocycles. The largest absolute Gasteiger partial charge is 0.496 e. The summed E-state index contributed by atoms with van der Waals surface area (Å²) in [6, 6.07) is 10.9. The van der Waals surface area contributed by atoms with Gasteiger partial charge in [-0.05, 0) is 36.2 Å². The van der Waals surface area contributed by atoms with Crippen LogP contribution in [0, 0.1) is 6.92 Å². The smallest absolute Gasteiger partial charge is 0.125 e. The lowest BCUT2D eigenvalue weighted by Gasteiger charge is -2.17. The molecule has 100 valence electrons. The zero-order chi connectivity index (χ0) is 14.0. The molecule has 2 rings (SSSR count). The lowest BCUT2D eigenvalue weighted by molar-refractivity contribution is 0.408. The molecule has 0 radical (unpaired) electrons. The van der Waals surface area contributed by atoms with E-state index in [1.807, 2.05) is 31.2 Å². The minimum absolute atomic E-state index is 0.301. The molecule has 0 amide bonds. The number of hydrogen-bond acceptors (Lipinski definition) is 2. The maximum atomic E-state index is 6.28. The molecule has 0 saturated carbocycles. The molecule has 0 spiro atoms. The van der Waals surface area contributed by atoms with Crippen LogP contribution < -0.4 is 10.5 Å². The molecule has 0 aliphatic carbocycles.